The van der Waals surface area contributed by atoms with Crippen molar-refractivity contribution in [2.75, 3.05) is 19.8 Å². The van der Waals surface area contributed by atoms with Crippen LogP contribution in [-0.4, -0.2) is 140 Å². The van der Waals surface area contributed by atoms with Crippen LogP contribution in [0.15, 0.2) is 0 Å². The van der Waals surface area contributed by atoms with Crippen molar-refractivity contribution < 1.29 is 64.6 Å². The molecule has 620 valence electrons. The minimum absolute atomic E-state index is 0.193. The van der Waals surface area contributed by atoms with E-state index >= 15 is 0 Å². The van der Waals surface area contributed by atoms with Crippen LogP contribution in [0.25, 0.3) is 0 Å². The highest BCUT2D eigenvalue weighted by molar-refractivity contribution is 5.76. The second kappa shape index (κ2) is 74.7. The van der Waals surface area contributed by atoms with Crippen molar-refractivity contribution in [3.8, 4) is 0 Å². The molecule has 2 aliphatic rings. The number of hydrogen-bond donors (Lipinski definition) is 9. The number of carbonyl (C=O) groups is 1. The van der Waals surface area contributed by atoms with Crippen molar-refractivity contribution in [3.05, 3.63) is 0 Å². The molecule has 0 aromatic heterocycles. The van der Waals surface area contributed by atoms with Gasteiger partial charge in [-0.25, -0.2) is 0 Å². The number of nitrogens with one attached hydrogen (secondary N) is 1. The predicted molar refractivity (Wildman–Crippen MR) is 434 cm³/mol. The van der Waals surface area contributed by atoms with Crippen LogP contribution >= 0.6 is 0 Å². The normalized spacial score (nSPS) is 21.3. The first-order valence-electron chi connectivity index (χ1n) is 46.3. The lowest BCUT2D eigenvalue weighted by atomic mass is 9.97. The number of unbranched alkanes of at least 4 members (excludes halogenated alkanes) is 68. The third kappa shape index (κ3) is 56.2. The topological polar surface area (TPSA) is 228 Å². The summed E-state index contributed by atoms with van der Waals surface area (Å²) in [6.45, 7) is 2.96. The zero-order valence-electron chi connectivity index (χ0n) is 68.6. The molecule has 0 spiro atoms. The van der Waals surface area contributed by atoms with E-state index in [9.17, 15) is 45.6 Å². The average molecular weight is 1480 g/mol. The summed E-state index contributed by atoms with van der Waals surface area (Å²) in [5.41, 5.74) is 0. The summed E-state index contributed by atoms with van der Waals surface area (Å²) < 4.78 is 23.0. The third-order valence-corrected chi connectivity index (χ3v) is 23.3. The van der Waals surface area contributed by atoms with Gasteiger partial charge in [0.25, 0.3) is 0 Å². The van der Waals surface area contributed by atoms with Crippen LogP contribution in [0.3, 0.4) is 0 Å². The number of carbonyl (C=O) groups excluding carboxylic acids is 1. The van der Waals surface area contributed by atoms with Crippen molar-refractivity contribution in [3.63, 3.8) is 0 Å². The molecular formula is C90H177NO13. The molecule has 12 atom stereocenters. The number of hydrogen-bond acceptors (Lipinski definition) is 13. The Morgan fingerprint density at radius 1 is 0.308 bits per heavy atom. The zero-order valence-corrected chi connectivity index (χ0v) is 68.6. The Labute approximate surface area is 642 Å². The maximum Gasteiger partial charge on any atom is 0.220 e. The van der Waals surface area contributed by atoms with Crippen molar-refractivity contribution in [1.29, 1.82) is 0 Å². The summed E-state index contributed by atoms with van der Waals surface area (Å²) in [7, 11) is 0. The molecule has 1 amide bonds. The third-order valence-electron chi connectivity index (χ3n) is 23.3. The fourth-order valence-electron chi connectivity index (χ4n) is 16.1. The smallest absolute Gasteiger partial charge is 0.220 e. The van der Waals surface area contributed by atoms with Gasteiger partial charge in [0.2, 0.25) is 5.91 Å². The van der Waals surface area contributed by atoms with E-state index in [1.54, 1.807) is 0 Å². The van der Waals surface area contributed by atoms with E-state index in [4.69, 9.17) is 18.9 Å². The van der Waals surface area contributed by atoms with Crippen molar-refractivity contribution >= 4 is 5.91 Å². The molecule has 14 nitrogen and oxygen atoms in total. The molecule has 0 aromatic carbocycles. The van der Waals surface area contributed by atoms with Crippen molar-refractivity contribution in [2.45, 2.75) is 550 Å². The highest BCUT2D eigenvalue weighted by atomic mass is 16.7. The van der Waals surface area contributed by atoms with Gasteiger partial charge < -0.3 is 65.1 Å². The Kier molecular flexibility index (Phi) is 71.2. The van der Waals surface area contributed by atoms with Gasteiger partial charge in [-0.15, -0.1) is 0 Å². The van der Waals surface area contributed by atoms with Gasteiger partial charge in [-0.1, -0.05) is 457 Å². The Morgan fingerprint density at radius 2 is 0.548 bits per heavy atom. The molecule has 0 aliphatic carbocycles. The van der Waals surface area contributed by atoms with E-state index in [1.807, 2.05) is 0 Å². The summed E-state index contributed by atoms with van der Waals surface area (Å²) in [5, 5.41) is 88.1. The number of amides is 1. The lowest BCUT2D eigenvalue weighted by Gasteiger charge is -2.46. The number of aliphatic hydroxyl groups excluding tert-OH is 8. The van der Waals surface area contributed by atoms with Crippen LogP contribution in [0, 0.1) is 0 Å². The van der Waals surface area contributed by atoms with Crippen LogP contribution < -0.4 is 5.32 Å². The lowest BCUT2D eigenvalue weighted by molar-refractivity contribution is -0.359. The molecule has 0 aromatic rings. The number of rotatable bonds is 81. The van der Waals surface area contributed by atoms with Gasteiger partial charge in [-0.05, 0) is 12.8 Å². The Morgan fingerprint density at radius 3 is 0.817 bits per heavy atom. The maximum atomic E-state index is 13.4. The van der Waals surface area contributed by atoms with E-state index in [-0.39, 0.29) is 12.5 Å². The van der Waals surface area contributed by atoms with Gasteiger partial charge in [-0.2, -0.15) is 0 Å². The second-order valence-corrected chi connectivity index (χ2v) is 33.2. The molecule has 0 radical (unpaired) electrons. The Bertz CT molecular complexity index is 1750. The first-order chi connectivity index (χ1) is 51.1. The minimum atomic E-state index is -1.78. The van der Waals surface area contributed by atoms with Crippen molar-refractivity contribution in [1.82, 2.24) is 5.32 Å². The standard InChI is InChI=1S/C90H177NO13/c1-3-5-7-9-11-13-15-17-19-21-23-25-27-29-31-33-35-36-37-38-39-40-41-42-43-44-46-48-50-52-54-56-58-60-62-64-66-68-70-72-74-82(95)91-78(77-101-89-87(100)85(98)88(81(76-93)103-89)104-90-86(99)84(97)83(96)80(75-92)102-90)79(94)73-71-69-67-65-63-61-59-57-55-53-51-49-47-45-34-32-30-28-26-24-22-20-18-16-14-12-10-8-6-4-2/h78-81,83-90,92-94,96-100H,3-77H2,1-2H3,(H,91,95). The predicted octanol–water partition coefficient (Wildman–Crippen LogP) is 22.6. The minimum Gasteiger partial charge on any atom is -0.394 e. The number of ether oxygens (including phenoxy) is 4. The van der Waals surface area contributed by atoms with Gasteiger partial charge in [0, 0.05) is 6.42 Å². The van der Waals surface area contributed by atoms with E-state index in [0.717, 1.165) is 51.4 Å². The van der Waals surface area contributed by atoms with E-state index in [0.29, 0.717) is 12.8 Å². The molecule has 2 heterocycles. The Balaban J connectivity index is 1.53. The van der Waals surface area contributed by atoms with Crippen LogP contribution in [0.5, 0.6) is 0 Å². The largest absolute Gasteiger partial charge is 0.394 e. The van der Waals surface area contributed by atoms with Crippen LogP contribution in [-0.2, 0) is 23.7 Å². The molecule has 9 N–H and O–H groups in total. The van der Waals surface area contributed by atoms with Crippen LogP contribution in [0.1, 0.15) is 476 Å². The molecule has 2 fully saturated rings. The van der Waals surface area contributed by atoms with Gasteiger partial charge in [-0.3, -0.25) is 4.79 Å². The summed E-state index contributed by atoms with van der Waals surface area (Å²) in [6, 6.07) is -0.827. The van der Waals surface area contributed by atoms with E-state index in [1.165, 1.54) is 398 Å². The summed E-state index contributed by atoms with van der Waals surface area (Å²) >= 11 is 0. The van der Waals surface area contributed by atoms with E-state index in [2.05, 4.69) is 19.2 Å². The van der Waals surface area contributed by atoms with Gasteiger partial charge in [0.05, 0.1) is 32.0 Å². The van der Waals surface area contributed by atoms with Gasteiger partial charge in [0.1, 0.15) is 48.8 Å². The average Bonchev–Trinajstić information content (AvgIpc) is 0.792. The second-order valence-electron chi connectivity index (χ2n) is 33.2. The highest BCUT2D eigenvalue weighted by Gasteiger charge is 2.51. The molecule has 2 aliphatic heterocycles. The fraction of sp³-hybridized carbons (Fsp3) is 0.989. The Hall–Kier alpha value is -1.01. The summed E-state index contributed by atoms with van der Waals surface area (Å²) in [5.74, 6) is -0.193. The lowest BCUT2D eigenvalue weighted by Crippen LogP contribution is -2.65. The fourth-order valence-corrected chi connectivity index (χ4v) is 16.1. The molecule has 2 saturated heterocycles. The molecule has 0 saturated carbocycles. The molecule has 12 unspecified atom stereocenters. The first kappa shape index (κ1) is 99.1. The first-order valence-corrected chi connectivity index (χ1v) is 46.3. The molecule has 0 bridgehead atoms. The summed E-state index contributed by atoms with van der Waals surface area (Å²) in [4.78, 5) is 13.4. The monoisotopic (exact) mass is 1480 g/mol. The quantitative estimate of drug-likeness (QED) is 0.0259. The van der Waals surface area contributed by atoms with Crippen LogP contribution in [0.4, 0.5) is 0 Å². The number of aliphatic hydroxyl groups is 8. The molecular weight excluding hydrogens is 1300 g/mol. The van der Waals surface area contributed by atoms with Crippen LogP contribution in [0.2, 0.25) is 0 Å². The molecule has 104 heavy (non-hydrogen) atoms. The highest BCUT2D eigenvalue weighted by Crippen LogP contribution is 2.31. The van der Waals surface area contributed by atoms with Gasteiger partial charge >= 0.3 is 0 Å². The molecule has 14 heteroatoms. The van der Waals surface area contributed by atoms with Crippen molar-refractivity contribution in [2.24, 2.45) is 0 Å². The molecule has 2 rings (SSSR count). The maximum absolute atomic E-state index is 13.4. The zero-order chi connectivity index (χ0) is 75.1. The van der Waals surface area contributed by atoms with E-state index < -0.39 is 86.8 Å². The summed E-state index contributed by atoms with van der Waals surface area (Å²) in [6.07, 6.45) is 79.2. The van der Waals surface area contributed by atoms with Gasteiger partial charge in [0.15, 0.2) is 12.6 Å². The SMILES string of the molecule is CCCCCCCCCCCCCCCCCCCCCCCCCCCCCCCCCCCCCCCCCCC(=O)NC(COC1OC(CO)C(OC2OC(CO)C(O)C(O)C2O)C(O)C1O)C(O)CCCCCCCCCCCCCCCCCCCCCCCCCCCCCCCC.